The van der Waals surface area contributed by atoms with Crippen LogP contribution in [-0.4, -0.2) is 78.0 Å². The Morgan fingerprint density at radius 1 is 1.13 bits per heavy atom. The lowest BCUT2D eigenvalue weighted by molar-refractivity contribution is -0.0511. The molecule has 0 radical (unpaired) electrons. The highest BCUT2D eigenvalue weighted by Gasteiger charge is 2.44. The molecule has 3 aromatic rings. The number of nitrogens with zero attached hydrogens (tertiary/aromatic N) is 5. The van der Waals surface area contributed by atoms with Gasteiger partial charge in [-0.05, 0) is 12.5 Å². The maximum Gasteiger partial charge on any atom is 0.167 e. The molecule has 6 atom stereocenters. The molecule has 30 heavy (non-hydrogen) atoms. The van der Waals surface area contributed by atoms with Gasteiger partial charge in [0.25, 0.3) is 0 Å². The molecule has 2 unspecified atom stereocenters. The fourth-order valence-electron chi connectivity index (χ4n) is 3.73. The molecule has 1 fully saturated rings. The normalized spacial score (nSPS) is 26.1. The molecule has 0 bridgehead atoms. The Morgan fingerprint density at radius 3 is 2.53 bits per heavy atom. The number of benzene rings is 1. The first kappa shape index (κ1) is 20.6. The summed E-state index contributed by atoms with van der Waals surface area (Å²) in [6.07, 6.45) is -2.22. The second-order valence-corrected chi connectivity index (χ2v) is 7.46. The van der Waals surface area contributed by atoms with Gasteiger partial charge in [0.15, 0.2) is 23.2 Å². The van der Waals surface area contributed by atoms with Gasteiger partial charge in [0.1, 0.15) is 24.6 Å². The van der Waals surface area contributed by atoms with Crippen LogP contribution in [0.3, 0.4) is 0 Å². The number of imidazole rings is 1. The highest BCUT2D eigenvalue weighted by molar-refractivity contribution is 5.83. The predicted octanol–water partition coefficient (Wildman–Crippen LogP) is -0.00390. The van der Waals surface area contributed by atoms with Crippen LogP contribution >= 0.6 is 0 Å². The van der Waals surface area contributed by atoms with Crippen molar-refractivity contribution in [2.75, 3.05) is 18.6 Å². The summed E-state index contributed by atoms with van der Waals surface area (Å²) >= 11 is 0. The molecule has 1 aromatic carbocycles. The summed E-state index contributed by atoms with van der Waals surface area (Å²) in [5.41, 5.74) is 1.66. The number of hydrogen-bond acceptors (Lipinski definition) is 9. The van der Waals surface area contributed by atoms with Gasteiger partial charge in [0.2, 0.25) is 0 Å². The fourth-order valence-corrected chi connectivity index (χ4v) is 3.73. The zero-order chi connectivity index (χ0) is 21.4. The lowest BCUT2D eigenvalue weighted by Gasteiger charge is -2.30. The number of aliphatic hydroxyl groups is 4. The van der Waals surface area contributed by atoms with Gasteiger partial charge in [0, 0.05) is 7.05 Å². The molecular weight excluding hydrogens is 390 g/mol. The van der Waals surface area contributed by atoms with E-state index in [1.54, 1.807) is 0 Å². The van der Waals surface area contributed by atoms with Crippen molar-refractivity contribution in [1.82, 2.24) is 19.5 Å². The van der Waals surface area contributed by atoms with E-state index in [9.17, 15) is 20.4 Å². The summed E-state index contributed by atoms with van der Waals surface area (Å²) in [6.45, 7) is 1.47. The number of likely N-dealkylation sites (N-methyl/N-ethyl adjacent to an activating group) is 1. The Kier molecular flexibility index (Phi) is 5.67. The Balaban J connectivity index is 1.65. The van der Waals surface area contributed by atoms with Crippen LogP contribution in [0.25, 0.3) is 11.2 Å². The third-order valence-electron chi connectivity index (χ3n) is 5.67. The molecule has 160 valence electrons. The molecule has 4 rings (SSSR count). The van der Waals surface area contributed by atoms with Crippen molar-refractivity contribution in [2.24, 2.45) is 0 Å². The van der Waals surface area contributed by atoms with Crippen LogP contribution in [0.15, 0.2) is 43.0 Å². The average Bonchev–Trinajstić information content (AvgIpc) is 3.33. The van der Waals surface area contributed by atoms with Crippen LogP contribution in [0.2, 0.25) is 0 Å². The van der Waals surface area contributed by atoms with Crippen LogP contribution in [0, 0.1) is 0 Å². The number of aromatic nitrogens is 4. The van der Waals surface area contributed by atoms with E-state index in [1.165, 1.54) is 17.2 Å². The Labute approximate surface area is 173 Å². The van der Waals surface area contributed by atoms with Gasteiger partial charge < -0.3 is 30.1 Å². The Bertz CT molecular complexity index is 1000. The summed E-state index contributed by atoms with van der Waals surface area (Å²) in [5.74, 6) is 0.507. The first-order valence-corrected chi connectivity index (χ1v) is 9.69. The first-order valence-electron chi connectivity index (χ1n) is 9.69. The van der Waals surface area contributed by atoms with Gasteiger partial charge in [0.05, 0.1) is 25.1 Å². The van der Waals surface area contributed by atoms with Crippen molar-refractivity contribution in [3.05, 3.63) is 48.5 Å². The maximum atomic E-state index is 10.8. The zero-order valence-electron chi connectivity index (χ0n) is 16.6. The van der Waals surface area contributed by atoms with Crippen LogP contribution < -0.4 is 4.90 Å². The average molecular weight is 415 g/mol. The van der Waals surface area contributed by atoms with E-state index in [-0.39, 0.29) is 6.04 Å². The summed E-state index contributed by atoms with van der Waals surface area (Å²) in [4.78, 5) is 14.8. The molecule has 0 spiro atoms. The SMILES string of the molecule is C[C@H]([C@H](O)c1ccccc1)N(C)c1ncnc2c1ncn2[C@@H]1O[C@H](CO)C(O)C1O. The van der Waals surface area contributed by atoms with E-state index in [0.717, 1.165) is 5.56 Å². The summed E-state index contributed by atoms with van der Waals surface area (Å²) in [7, 11) is 1.81. The molecule has 0 aliphatic carbocycles. The van der Waals surface area contributed by atoms with Gasteiger partial charge >= 0.3 is 0 Å². The molecule has 4 N–H and O–H groups in total. The van der Waals surface area contributed by atoms with E-state index < -0.39 is 37.3 Å². The molecular formula is C20H25N5O5. The summed E-state index contributed by atoms with van der Waals surface area (Å²) < 4.78 is 7.10. The standard InChI is InChI=1S/C20H25N5O5/c1-11(15(27)12-6-4-3-5-7-12)24(2)18-14-19(22-9-21-18)25(10-23-14)20-17(29)16(28)13(8-26)30-20/h3-7,9-11,13,15-17,20,26-29H,8H2,1-2H3/t11-,13-,15+,16?,17?,20-/m1/s1. The van der Waals surface area contributed by atoms with E-state index in [1.807, 2.05) is 49.2 Å². The third kappa shape index (κ3) is 3.42. The molecule has 10 nitrogen and oxygen atoms in total. The summed E-state index contributed by atoms with van der Waals surface area (Å²) in [5, 5.41) is 40.5. The minimum absolute atomic E-state index is 0.315. The lowest BCUT2D eigenvalue weighted by Crippen LogP contribution is -2.35. The molecule has 2 aromatic heterocycles. The van der Waals surface area contributed by atoms with Gasteiger partial charge in [-0.15, -0.1) is 0 Å². The van der Waals surface area contributed by atoms with Gasteiger partial charge in [-0.2, -0.15) is 0 Å². The van der Waals surface area contributed by atoms with Crippen molar-refractivity contribution in [1.29, 1.82) is 0 Å². The minimum atomic E-state index is -1.24. The number of rotatable bonds is 6. The predicted molar refractivity (Wildman–Crippen MR) is 108 cm³/mol. The van der Waals surface area contributed by atoms with E-state index in [2.05, 4.69) is 15.0 Å². The largest absolute Gasteiger partial charge is 0.394 e. The van der Waals surface area contributed by atoms with E-state index in [4.69, 9.17) is 4.74 Å². The van der Waals surface area contributed by atoms with E-state index in [0.29, 0.717) is 17.0 Å². The number of anilines is 1. The van der Waals surface area contributed by atoms with Crippen molar-refractivity contribution >= 4 is 17.0 Å². The molecule has 0 amide bonds. The molecule has 10 heteroatoms. The first-order chi connectivity index (χ1) is 14.4. The highest BCUT2D eigenvalue weighted by Crippen LogP contribution is 2.33. The van der Waals surface area contributed by atoms with Crippen molar-refractivity contribution < 1.29 is 25.2 Å². The molecule has 1 aliphatic heterocycles. The number of aliphatic hydroxyl groups excluding tert-OH is 4. The third-order valence-corrected chi connectivity index (χ3v) is 5.67. The van der Waals surface area contributed by atoms with Gasteiger partial charge in [-0.25, -0.2) is 15.0 Å². The molecule has 0 saturated carbocycles. The van der Waals surface area contributed by atoms with Crippen LogP contribution in [0.4, 0.5) is 5.82 Å². The van der Waals surface area contributed by atoms with Crippen LogP contribution in [-0.2, 0) is 4.74 Å². The van der Waals surface area contributed by atoms with Gasteiger partial charge in [-0.1, -0.05) is 30.3 Å². The molecule has 1 saturated heterocycles. The van der Waals surface area contributed by atoms with E-state index >= 15 is 0 Å². The number of hydrogen-bond donors (Lipinski definition) is 4. The van der Waals surface area contributed by atoms with Crippen LogP contribution in [0.5, 0.6) is 0 Å². The second-order valence-electron chi connectivity index (χ2n) is 7.46. The second kappa shape index (κ2) is 8.25. The summed E-state index contributed by atoms with van der Waals surface area (Å²) in [6, 6.07) is 9.04. The maximum absolute atomic E-state index is 10.8. The Hall–Kier alpha value is -2.63. The number of ether oxygens (including phenoxy) is 1. The zero-order valence-corrected chi connectivity index (χ0v) is 16.6. The minimum Gasteiger partial charge on any atom is -0.394 e. The molecule has 3 heterocycles. The molecule has 1 aliphatic rings. The van der Waals surface area contributed by atoms with Crippen LogP contribution in [0.1, 0.15) is 24.8 Å². The smallest absolute Gasteiger partial charge is 0.167 e. The van der Waals surface area contributed by atoms with Crippen molar-refractivity contribution in [3.63, 3.8) is 0 Å². The Morgan fingerprint density at radius 2 is 1.87 bits per heavy atom. The van der Waals surface area contributed by atoms with Crippen molar-refractivity contribution in [2.45, 2.75) is 43.6 Å². The fraction of sp³-hybridized carbons (Fsp3) is 0.450. The van der Waals surface area contributed by atoms with Gasteiger partial charge in [-0.3, -0.25) is 4.57 Å². The monoisotopic (exact) mass is 415 g/mol. The van der Waals surface area contributed by atoms with Crippen molar-refractivity contribution in [3.8, 4) is 0 Å². The topological polar surface area (TPSA) is 137 Å². The quantitative estimate of drug-likeness (QED) is 0.438. The lowest BCUT2D eigenvalue weighted by atomic mass is 10.0. The number of fused-ring (bicyclic) bond motifs is 1. The highest BCUT2D eigenvalue weighted by atomic mass is 16.6.